The molecule has 0 aliphatic heterocycles. The number of thiazole rings is 1. The largest absolute Gasteiger partial charge is 0.298 e. The van der Waals surface area contributed by atoms with Gasteiger partial charge in [0, 0.05) is 0 Å². The SMILES string of the molecule is Cc1ccc2nc(NC(=O)c3cccc(Br)c3F)sc2c1. The molecule has 0 unspecified atom stereocenters. The normalized spacial score (nSPS) is 10.8. The number of anilines is 1. The fraction of sp³-hybridized carbons (Fsp3) is 0.0667. The van der Waals surface area contributed by atoms with E-state index in [1.807, 2.05) is 25.1 Å². The highest BCUT2D eigenvalue weighted by atomic mass is 79.9. The Morgan fingerprint density at radius 3 is 2.95 bits per heavy atom. The van der Waals surface area contributed by atoms with Crippen LogP contribution in [0.15, 0.2) is 40.9 Å². The Labute approximate surface area is 133 Å². The summed E-state index contributed by atoms with van der Waals surface area (Å²) in [5.74, 6) is -1.09. The minimum absolute atomic E-state index is 0.0141. The summed E-state index contributed by atoms with van der Waals surface area (Å²) in [5.41, 5.74) is 1.93. The van der Waals surface area contributed by atoms with Crippen molar-refractivity contribution in [3.05, 3.63) is 57.8 Å². The number of rotatable bonds is 2. The molecule has 0 radical (unpaired) electrons. The minimum atomic E-state index is -0.577. The van der Waals surface area contributed by atoms with E-state index in [1.54, 1.807) is 12.1 Å². The third kappa shape index (κ3) is 2.82. The lowest BCUT2D eigenvalue weighted by Gasteiger charge is -2.03. The van der Waals surface area contributed by atoms with Crippen LogP contribution in [0.1, 0.15) is 15.9 Å². The van der Waals surface area contributed by atoms with E-state index >= 15 is 0 Å². The minimum Gasteiger partial charge on any atom is -0.298 e. The van der Waals surface area contributed by atoms with Crippen LogP contribution in [0, 0.1) is 12.7 Å². The van der Waals surface area contributed by atoms with Gasteiger partial charge in [-0.1, -0.05) is 23.5 Å². The van der Waals surface area contributed by atoms with Crippen LogP contribution in [0.3, 0.4) is 0 Å². The first-order chi connectivity index (χ1) is 10.0. The molecule has 1 heterocycles. The molecular weight excluding hydrogens is 355 g/mol. The summed E-state index contributed by atoms with van der Waals surface area (Å²) in [6.07, 6.45) is 0. The molecule has 0 aliphatic carbocycles. The number of fused-ring (bicyclic) bond motifs is 1. The molecule has 1 aromatic heterocycles. The summed E-state index contributed by atoms with van der Waals surface area (Å²) >= 11 is 4.44. The van der Waals surface area contributed by atoms with Crippen molar-refractivity contribution in [3.8, 4) is 0 Å². The molecule has 106 valence electrons. The van der Waals surface area contributed by atoms with Crippen LogP contribution in [0.4, 0.5) is 9.52 Å². The van der Waals surface area contributed by atoms with Crippen molar-refractivity contribution >= 4 is 48.5 Å². The maximum Gasteiger partial charge on any atom is 0.260 e. The van der Waals surface area contributed by atoms with Crippen molar-refractivity contribution in [2.75, 3.05) is 5.32 Å². The van der Waals surface area contributed by atoms with E-state index in [9.17, 15) is 9.18 Å². The summed E-state index contributed by atoms with van der Waals surface area (Å²) in [4.78, 5) is 16.4. The molecule has 0 atom stereocenters. The van der Waals surface area contributed by atoms with Crippen LogP contribution in [0.2, 0.25) is 0 Å². The van der Waals surface area contributed by atoms with Crippen molar-refractivity contribution < 1.29 is 9.18 Å². The molecule has 1 amide bonds. The zero-order valence-electron chi connectivity index (χ0n) is 11.0. The Morgan fingerprint density at radius 1 is 1.33 bits per heavy atom. The van der Waals surface area contributed by atoms with Crippen molar-refractivity contribution in [2.45, 2.75) is 6.92 Å². The highest BCUT2D eigenvalue weighted by Gasteiger charge is 2.15. The van der Waals surface area contributed by atoms with E-state index in [0.717, 1.165) is 15.8 Å². The second kappa shape index (κ2) is 5.54. The highest BCUT2D eigenvalue weighted by Crippen LogP contribution is 2.27. The molecule has 0 fully saturated rings. The topological polar surface area (TPSA) is 42.0 Å². The Bertz CT molecular complexity index is 847. The van der Waals surface area contributed by atoms with Crippen LogP contribution in [-0.2, 0) is 0 Å². The van der Waals surface area contributed by atoms with E-state index < -0.39 is 11.7 Å². The number of nitrogens with one attached hydrogen (secondary N) is 1. The van der Waals surface area contributed by atoms with Crippen molar-refractivity contribution in [2.24, 2.45) is 0 Å². The zero-order chi connectivity index (χ0) is 15.0. The maximum absolute atomic E-state index is 13.9. The van der Waals surface area contributed by atoms with Gasteiger partial charge in [0.25, 0.3) is 5.91 Å². The molecule has 0 bridgehead atoms. The smallest absolute Gasteiger partial charge is 0.260 e. The van der Waals surface area contributed by atoms with Gasteiger partial charge in [0.15, 0.2) is 5.13 Å². The molecule has 0 saturated carbocycles. The first-order valence-corrected chi connectivity index (χ1v) is 7.78. The molecule has 3 aromatic rings. The molecule has 3 rings (SSSR count). The van der Waals surface area contributed by atoms with Crippen LogP contribution in [0.25, 0.3) is 10.2 Å². The van der Waals surface area contributed by atoms with Crippen LogP contribution in [0.5, 0.6) is 0 Å². The van der Waals surface area contributed by atoms with Gasteiger partial charge in [0.2, 0.25) is 0 Å². The fourth-order valence-corrected chi connectivity index (χ4v) is 3.25. The predicted molar refractivity (Wildman–Crippen MR) is 86.4 cm³/mol. The van der Waals surface area contributed by atoms with E-state index in [2.05, 4.69) is 26.2 Å². The first-order valence-electron chi connectivity index (χ1n) is 6.17. The average molecular weight is 365 g/mol. The molecule has 21 heavy (non-hydrogen) atoms. The Balaban J connectivity index is 1.91. The van der Waals surface area contributed by atoms with Crippen molar-refractivity contribution in [1.29, 1.82) is 0 Å². The first kappa shape index (κ1) is 14.2. The summed E-state index contributed by atoms with van der Waals surface area (Å²) in [7, 11) is 0. The number of carbonyl (C=O) groups is 1. The third-order valence-corrected chi connectivity index (χ3v) is 4.51. The number of hydrogen-bond donors (Lipinski definition) is 1. The van der Waals surface area contributed by atoms with Gasteiger partial charge >= 0.3 is 0 Å². The molecule has 2 aromatic carbocycles. The van der Waals surface area contributed by atoms with Gasteiger partial charge in [-0.3, -0.25) is 10.1 Å². The molecule has 0 saturated heterocycles. The van der Waals surface area contributed by atoms with Gasteiger partial charge in [0.05, 0.1) is 20.3 Å². The van der Waals surface area contributed by atoms with Gasteiger partial charge in [-0.2, -0.15) is 0 Å². The number of nitrogens with zero attached hydrogens (tertiary/aromatic N) is 1. The second-order valence-electron chi connectivity index (χ2n) is 4.55. The van der Waals surface area contributed by atoms with Gasteiger partial charge in [0.1, 0.15) is 5.82 Å². The molecule has 0 spiro atoms. The monoisotopic (exact) mass is 364 g/mol. The fourth-order valence-electron chi connectivity index (χ4n) is 1.93. The Kier molecular flexibility index (Phi) is 3.73. The van der Waals surface area contributed by atoms with E-state index in [-0.39, 0.29) is 10.0 Å². The Hall–Kier alpha value is -1.79. The molecule has 6 heteroatoms. The standard InChI is InChI=1S/C15H10BrFN2OS/c1-8-5-6-11-12(7-8)21-15(18-11)19-14(20)9-3-2-4-10(16)13(9)17/h2-7H,1H3,(H,18,19,20). The van der Waals surface area contributed by atoms with Gasteiger partial charge in [-0.05, 0) is 52.7 Å². The Morgan fingerprint density at radius 2 is 2.14 bits per heavy atom. The molecule has 1 N–H and O–H groups in total. The third-order valence-electron chi connectivity index (χ3n) is 2.96. The number of halogens is 2. The number of aromatic nitrogens is 1. The molecule has 0 aliphatic rings. The highest BCUT2D eigenvalue weighted by molar-refractivity contribution is 9.10. The maximum atomic E-state index is 13.9. The number of hydrogen-bond acceptors (Lipinski definition) is 3. The van der Waals surface area contributed by atoms with E-state index in [1.165, 1.54) is 17.4 Å². The summed E-state index contributed by atoms with van der Waals surface area (Å²) < 4.78 is 15.1. The lowest BCUT2D eigenvalue weighted by atomic mass is 10.2. The van der Waals surface area contributed by atoms with Crippen LogP contribution >= 0.6 is 27.3 Å². The van der Waals surface area contributed by atoms with E-state index in [4.69, 9.17) is 0 Å². The van der Waals surface area contributed by atoms with Crippen LogP contribution in [-0.4, -0.2) is 10.9 Å². The summed E-state index contributed by atoms with van der Waals surface area (Å²) in [6, 6.07) is 10.5. The van der Waals surface area contributed by atoms with Gasteiger partial charge in [-0.15, -0.1) is 0 Å². The molecular formula is C15H10BrFN2OS. The van der Waals surface area contributed by atoms with E-state index in [0.29, 0.717) is 5.13 Å². The number of amides is 1. The van der Waals surface area contributed by atoms with Crippen LogP contribution < -0.4 is 5.32 Å². The quantitative estimate of drug-likeness (QED) is 0.712. The lowest BCUT2D eigenvalue weighted by molar-refractivity contribution is 0.102. The van der Waals surface area contributed by atoms with Gasteiger partial charge < -0.3 is 0 Å². The average Bonchev–Trinajstić information content (AvgIpc) is 2.83. The zero-order valence-corrected chi connectivity index (χ0v) is 13.4. The van der Waals surface area contributed by atoms with Crippen molar-refractivity contribution in [3.63, 3.8) is 0 Å². The molecule has 3 nitrogen and oxygen atoms in total. The number of carbonyl (C=O) groups excluding carboxylic acids is 1. The number of aryl methyl sites for hydroxylation is 1. The number of benzene rings is 2. The second-order valence-corrected chi connectivity index (χ2v) is 6.43. The van der Waals surface area contributed by atoms with Crippen molar-refractivity contribution in [1.82, 2.24) is 4.98 Å². The lowest BCUT2D eigenvalue weighted by Crippen LogP contribution is -2.13. The summed E-state index contributed by atoms with van der Waals surface area (Å²) in [5, 5.41) is 3.10. The van der Waals surface area contributed by atoms with Gasteiger partial charge in [-0.25, -0.2) is 9.37 Å². The summed E-state index contributed by atoms with van der Waals surface area (Å²) in [6.45, 7) is 1.99. The predicted octanol–water partition coefficient (Wildman–Crippen LogP) is 4.76.